The molecular weight excluding hydrogens is 352 g/mol. The molecule has 0 unspecified atom stereocenters. The molecule has 0 bridgehead atoms. The number of hydrogen-bond donors (Lipinski definition) is 0. The second-order valence-corrected chi connectivity index (χ2v) is 5.40. The van der Waals surface area contributed by atoms with Gasteiger partial charge in [-0.25, -0.2) is 4.79 Å². The Morgan fingerprint density at radius 3 is 2.95 bits per heavy atom. The summed E-state index contributed by atoms with van der Waals surface area (Å²) in [6.07, 6.45) is 1.43. The van der Waals surface area contributed by atoms with Crippen molar-refractivity contribution < 1.29 is 18.5 Å². The molecule has 2 heterocycles. The molecule has 0 aliphatic heterocycles. The van der Waals surface area contributed by atoms with Gasteiger partial charge in [0.25, 0.3) is 5.89 Å². The van der Waals surface area contributed by atoms with Gasteiger partial charge < -0.3 is 13.7 Å². The van der Waals surface area contributed by atoms with Gasteiger partial charge in [0.2, 0.25) is 5.82 Å². The monoisotopic (exact) mass is 362 g/mol. The van der Waals surface area contributed by atoms with Gasteiger partial charge in [-0.1, -0.05) is 33.2 Å². The number of carbonyl (C=O) groups is 1. The lowest BCUT2D eigenvalue weighted by molar-refractivity contribution is 0.0428. The predicted molar refractivity (Wildman–Crippen MR) is 80.0 cm³/mol. The van der Waals surface area contributed by atoms with Crippen molar-refractivity contribution in [3.05, 3.63) is 58.3 Å². The highest BCUT2D eigenvalue weighted by Crippen LogP contribution is 2.20. The van der Waals surface area contributed by atoms with E-state index < -0.39 is 5.97 Å². The highest BCUT2D eigenvalue weighted by Gasteiger charge is 2.15. The zero-order valence-electron chi connectivity index (χ0n) is 11.6. The van der Waals surface area contributed by atoms with Crippen LogP contribution in [0.2, 0.25) is 0 Å². The summed E-state index contributed by atoms with van der Waals surface area (Å²) in [4.78, 5) is 16.0. The van der Waals surface area contributed by atoms with E-state index in [1.54, 1.807) is 13.0 Å². The minimum absolute atomic E-state index is 0.0928. The van der Waals surface area contributed by atoms with Crippen LogP contribution >= 0.6 is 15.9 Å². The van der Waals surface area contributed by atoms with Crippen LogP contribution in [0.4, 0.5) is 0 Å². The number of furan rings is 1. The Balaban J connectivity index is 1.67. The van der Waals surface area contributed by atoms with Gasteiger partial charge in [0.15, 0.2) is 6.61 Å². The standard InChI is InChI=1S/C15H11BrN2O4/c1-9-12(5-6-20-9)15(19)21-8-13-17-14(18-22-13)10-3-2-4-11(16)7-10/h2-7H,8H2,1H3. The van der Waals surface area contributed by atoms with E-state index in [-0.39, 0.29) is 12.5 Å². The molecule has 6 nitrogen and oxygen atoms in total. The van der Waals surface area contributed by atoms with E-state index in [9.17, 15) is 4.79 Å². The largest absolute Gasteiger partial charge is 0.469 e. The lowest BCUT2D eigenvalue weighted by Crippen LogP contribution is -2.05. The molecule has 0 aliphatic carbocycles. The third kappa shape index (κ3) is 3.09. The number of ether oxygens (including phenoxy) is 1. The first-order valence-corrected chi connectivity index (χ1v) is 7.22. The third-order valence-corrected chi connectivity index (χ3v) is 3.45. The van der Waals surface area contributed by atoms with Crippen molar-refractivity contribution in [3.63, 3.8) is 0 Å². The van der Waals surface area contributed by atoms with Crippen LogP contribution in [0.3, 0.4) is 0 Å². The average molecular weight is 363 g/mol. The molecule has 0 saturated carbocycles. The second kappa shape index (κ2) is 6.15. The maximum atomic E-state index is 11.8. The molecule has 3 aromatic rings. The Labute approximate surface area is 134 Å². The van der Waals surface area contributed by atoms with Gasteiger partial charge in [0.1, 0.15) is 11.3 Å². The molecule has 1 aromatic carbocycles. The second-order valence-electron chi connectivity index (χ2n) is 4.49. The zero-order chi connectivity index (χ0) is 15.5. The summed E-state index contributed by atoms with van der Waals surface area (Å²) in [5, 5.41) is 3.87. The van der Waals surface area contributed by atoms with Crippen molar-refractivity contribution in [2.24, 2.45) is 0 Å². The number of aryl methyl sites for hydroxylation is 1. The molecule has 7 heteroatoms. The molecule has 0 saturated heterocycles. The number of carbonyl (C=O) groups excluding carboxylic acids is 1. The maximum Gasteiger partial charge on any atom is 0.342 e. The Bertz CT molecular complexity index is 809. The minimum Gasteiger partial charge on any atom is -0.469 e. The van der Waals surface area contributed by atoms with Crippen LogP contribution in [0, 0.1) is 6.92 Å². The van der Waals surface area contributed by atoms with Crippen LogP contribution in [-0.2, 0) is 11.3 Å². The summed E-state index contributed by atoms with van der Waals surface area (Å²) in [7, 11) is 0. The Hall–Kier alpha value is -2.41. The quantitative estimate of drug-likeness (QED) is 0.657. The van der Waals surface area contributed by atoms with Gasteiger partial charge in [-0.05, 0) is 25.1 Å². The third-order valence-electron chi connectivity index (χ3n) is 2.96. The van der Waals surface area contributed by atoms with Crippen molar-refractivity contribution in [1.82, 2.24) is 10.1 Å². The molecule has 112 valence electrons. The lowest BCUT2D eigenvalue weighted by Gasteiger charge is -1.99. The molecule has 0 aliphatic rings. The van der Waals surface area contributed by atoms with Gasteiger partial charge in [-0.2, -0.15) is 4.98 Å². The first-order chi connectivity index (χ1) is 10.6. The van der Waals surface area contributed by atoms with Gasteiger partial charge in [-0.3, -0.25) is 0 Å². The van der Waals surface area contributed by atoms with E-state index in [0.29, 0.717) is 17.1 Å². The fourth-order valence-electron chi connectivity index (χ4n) is 1.86. The summed E-state index contributed by atoms with van der Waals surface area (Å²) in [6.45, 7) is 1.60. The van der Waals surface area contributed by atoms with E-state index in [1.807, 2.05) is 24.3 Å². The van der Waals surface area contributed by atoms with Gasteiger partial charge in [0, 0.05) is 10.0 Å². The fraction of sp³-hybridized carbons (Fsp3) is 0.133. The number of esters is 1. The van der Waals surface area contributed by atoms with Crippen molar-refractivity contribution in [2.75, 3.05) is 0 Å². The van der Waals surface area contributed by atoms with E-state index in [2.05, 4.69) is 26.1 Å². The van der Waals surface area contributed by atoms with Crippen LogP contribution in [-0.4, -0.2) is 16.1 Å². The highest BCUT2D eigenvalue weighted by atomic mass is 79.9. The summed E-state index contributed by atoms with van der Waals surface area (Å²) in [6, 6.07) is 9.06. The zero-order valence-corrected chi connectivity index (χ0v) is 13.2. The Kier molecular flexibility index (Phi) is 4.06. The summed E-state index contributed by atoms with van der Waals surface area (Å²) < 4.78 is 16.2. The molecule has 2 aromatic heterocycles. The number of aromatic nitrogens is 2. The molecule has 0 amide bonds. The maximum absolute atomic E-state index is 11.8. The Morgan fingerprint density at radius 2 is 2.23 bits per heavy atom. The summed E-state index contributed by atoms with van der Waals surface area (Å²) in [5.41, 5.74) is 1.19. The van der Waals surface area contributed by atoms with Crippen LogP contribution in [0.1, 0.15) is 22.0 Å². The number of rotatable bonds is 4. The molecule has 0 spiro atoms. The number of hydrogen-bond acceptors (Lipinski definition) is 6. The number of halogens is 1. The van der Waals surface area contributed by atoms with Crippen LogP contribution < -0.4 is 0 Å². The molecule has 0 N–H and O–H groups in total. The molecular formula is C15H11BrN2O4. The topological polar surface area (TPSA) is 78.4 Å². The van der Waals surface area contributed by atoms with Crippen molar-refractivity contribution in [3.8, 4) is 11.4 Å². The number of nitrogens with zero attached hydrogens (tertiary/aromatic N) is 2. The van der Waals surface area contributed by atoms with Gasteiger partial charge >= 0.3 is 5.97 Å². The SMILES string of the molecule is Cc1occc1C(=O)OCc1nc(-c2cccc(Br)c2)no1. The summed E-state index contributed by atoms with van der Waals surface area (Å²) in [5.74, 6) is 0.676. The van der Waals surface area contributed by atoms with Gasteiger partial charge in [-0.15, -0.1) is 0 Å². The molecule has 0 fully saturated rings. The van der Waals surface area contributed by atoms with Crippen LogP contribution in [0.15, 0.2) is 50.0 Å². The van der Waals surface area contributed by atoms with E-state index in [1.165, 1.54) is 6.26 Å². The molecule has 0 radical (unpaired) electrons. The highest BCUT2D eigenvalue weighted by molar-refractivity contribution is 9.10. The minimum atomic E-state index is -0.492. The molecule has 0 atom stereocenters. The van der Waals surface area contributed by atoms with Crippen LogP contribution in [0.5, 0.6) is 0 Å². The first-order valence-electron chi connectivity index (χ1n) is 6.43. The Morgan fingerprint density at radius 1 is 1.36 bits per heavy atom. The normalized spacial score (nSPS) is 10.6. The molecule has 22 heavy (non-hydrogen) atoms. The smallest absolute Gasteiger partial charge is 0.342 e. The lowest BCUT2D eigenvalue weighted by atomic mass is 10.2. The number of benzene rings is 1. The fourth-order valence-corrected chi connectivity index (χ4v) is 2.26. The van der Waals surface area contributed by atoms with Crippen molar-refractivity contribution in [2.45, 2.75) is 13.5 Å². The first kappa shape index (κ1) is 14.5. The summed E-state index contributed by atoms with van der Waals surface area (Å²) >= 11 is 3.38. The van der Waals surface area contributed by atoms with E-state index in [4.69, 9.17) is 13.7 Å². The predicted octanol–water partition coefficient (Wildman–Crippen LogP) is 3.76. The van der Waals surface area contributed by atoms with Gasteiger partial charge in [0.05, 0.1) is 6.26 Å². The van der Waals surface area contributed by atoms with E-state index >= 15 is 0 Å². The average Bonchev–Trinajstić information content (AvgIpc) is 3.14. The van der Waals surface area contributed by atoms with E-state index in [0.717, 1.165) is 10.0 Å². The van der Waals surface area contributed by atoms with Crippen LogP contribution in [0.25, 0.3) is 11.4 Å². The van der Waals surface area contributed by atoms with Crippen molar-refractivity contribution in [1.29, 1.82) is 0 Å². The molecule has 3 rings (SSSR count). The van der Waals surface area contributed by atoms with Crippen molar-refractivity contribution >= 4 is 21.9 Å².